The maximum atomic E-state index is 9.66. The van der Waals surface area contributed by atoms with Crippen molar-refractivity contribution in [2.24, 2.45) is 0 Å². The van der Waals surface area contributed by atoms with E-state index < -0.39 is 5.60 Å². The highest BCUT2D eigenvalue weighted by Crippen LogP contribution is 2.17. The Morgan fingerprint density at radius 1 is 1.24 bits per heavy atom. The molecule has 2 N–H and O–H groups in total. The van der Waals surface area contributed by atoms with Crippen LogP contribution in [0.4, 0.5) is 5.69 Å². The van der Waals surface area contributed by atoms with Gasteiger partial charge in [-0.1, -0.05) is 12.1 Å². The molecule has 1 unspecified atom stereocenters. The fraction of sp³-hybridized carbons (Fsp3) is 0.571. The topological polar surface area (TPSA) is 35.5 Å². The molecule has 0 amide bonds. The predicted octanol–water partition coefficient (Wildman–Crippen LogP) is 2.17. The zero-order chi connectivity index (χ0) is 13.1. The first-order valence-corrected chi connectivity index (χ1v) is 6.02. The standard InChI is InChI=1S/C14H24N2O/c1-11(15-10-14(2,3)17)12-6-8-13(9-7-12)16(4)5/h6-9,11,15,17H,10H2,1-5H3. The van der Waals surface area contributed by atoms with Crippen molar-refractivity contribution < 1.29 is 5.11 Å². The van der Waals surface area contributed by atoms with Gasteiger partial charge in [0, 0.05) is 32.4 Å². The summed E-state index contributed by atoms with van der Waals surface area (Å²) >= 11 is 0. The van der Waals surface area contributed by atoms with Crippen molar-refractivity contribution in [3.05, 3.63) is 29.8 Å². The van der Waals surface area contributed by atoms with Gasteiger partial charge in [-0.3, -0.25) is 0 Å². The van der Waals surface area contributed by atoms with Crippen LogP contribution >= 0.6 is 0 Å². The van der Waals surface area contributed by atoms with Crippen LogP contribution in [0.25, 0.3) is 0 Å². The second-order valence-corrected chi connectivity index (χ2v) is 5.40. The number of hydrogen-bond donors (Lipinski definition) is 2. The maximum Gasteiger partial charge on any atom is 0.0715 e. The van der Waals surface area contributed by atoms with Gasteiger partial charge in [0.15, 0.2) is 0 Å². The Kier molecular flexibility index (Phi) is 4.54. The second kappa shape index (κ2) is 5.52. The molecule has 1 aromatic rings. The second-order valence-electron chi connectivity index (χ2n) is 5.40. The molecule has 0 bridgehead atoms. The van der Waals surface area contributed by atoms with Gasteiger partial charge in [-0.05, 0) is 38.5 Å². The van der Waals surface area contributed by atoms with E-state index in [9.17, 15) is 5.11 Å². The fourth-order valence-electron chi connectivity index (χ4n) is 1.58. The van der Waals surface area contributed by atoms with E-state index in [1.165, 1.54) is 11.3 Å². The molecule has 1 atom stereocenters. The van der Waals surface area contributed by atoms with Gasteiger partial charge in [-0.25, -0.2) is 0 Å². The maximum absolute atomic E-state index is 9.66. The molecule has 0 aliphatic heterocycles. The smallest absolute Gasteiger partial charge is 0.0715 e. The monoisotopic (exact) mass is 236 g/mol. The average molecular weight is 236 g/mol. The Morgan fingerprint density at radius 3 is 2.18 bits per heavy atom. The van der Waals surface area contributed by atoms with E-state index in [2.05, 4.69) is 41.4 Å². The number of nitrogens with zero attached hydrogens (tertiary/aromatic N) is 1. The summed E-state index contributed by atoms with van der Waals surface area (Å²) in [4.78, 5) is 2.08. The molecule has 0 saturated heterocycles. The zero-order valence-electron chi connectivity index (χ0n) is 11.5. The number of nitrogens with one attached hydrogen (secondary N) is 1. The van der Waals surface area contributed by atoms with Crippen molar-refractivity contribution in [2.45, 2.75) is 32.4 Å². The average Bonchev–Trinajstić information content (AvgIpc) is 2.25. The zero-order valence-corrected chi connectivity index (χ0v) is 11.5. The Labute approximate surface area is 104 Å². The molecular formula is C14H24N2O. The van der Waals surface area contributed by atoms with Crippen molar-refractivity contribution in [1.29, 1.82) is 0 Å². The van der Waals surface area contributed by atoms with E-state index in [0.29, 0.717) is 6.54 Å². The van der Waals surface area contributed by atoms with Gasteiger partial charge < -0.3 is 15.3 Å². The summed E-state index contributed by atoms with van der Waals surface area (Å²) in [7, 11) is 4.07. The molecule has 0 heterocycles. The van der Waals surface area contributed by atoms with Crippen LogP contribution in [0.3, 0.4) is 0 Å². The summed E-state index contributed by atoms with van der Waals surface area (Å²) in [5.74, 6) is 0. The minimum absolute atomic E-state index is 0.248. The first-order valence-electron chi connectivity index (χ1n) is 6.02. The van der Waals surface area contributed by atoms with Gasteiger partial charge in [0.25, 0.3) is 0 Å². The quantitative estimate of drug-likeness (QED) is 0.822. The molecule has 0 aliphatic rings. The van der Waals surface area contributed by atoms with Crippen molar-refractivity contribution in [3.8, 4) is 0 Å². The van der Waals surface area contributed by atoms with Crippen LogP contribution in [-0.4, -0.2) is 31.3 Å². The van der Waals surface area contributed by atoms with E-state index in [1.807, 2.05) is 27.9 Å². The van der Waals surface area contributed by atoms with Crippen molar-refractivity contribution in [2.75, 3.05) is 25.5 Å². The first kappa shape index (κ1) is 14.0. The summed E-state index contributed by atoms with van der Waals surface area (Å²) < 4.78 is 0. The number of hydrogen-bond acceptors (Lipinski definition) is 3. The minimum atomic E-state index is -0.669. The van der Waals surface area contributed by atoms with Crippen LogP contribution in [0.5, 0.6) is 0 Å². The molecule has 1 aromatic carbocycles. The molecule has 0 aliphatic carbocycles. The van der Waals surface area contributed by atoms with Gasteiger partial charge in [0.1, 0.15) is 0 Å². The fourth-order valence-corrected chi connectivity index (χ4v) is 1.58. The molecule has 3 nitrogen and oxygen atoms in total. The van der Waals surface area contributed by atoms with Crippen LogP contribution in [0, 0.1) is 0 Å². The molecule has 1 rings (SSSR count). The Hall–Kier alpha value is -1.06. The van der Waals surface area contributed by atoms with Crippen LogP contribution in [0.1, 0.15) is 32.4 Å². The number of aliphatic hydroxyl groups is 1. The molecular weight excluding hydrogens is 212 g/mol. The van der Waals surface area contributed by atoms with Gasteiger partial charge in [-0.15, -0.1) is 0 Å². The lowest BCUT2D eigenvalue weighted by Gasteiger charge is -2.22. The van der Waals surface area contributed by atoms with Gasteiger partial charge in [0.05, 0.1) is 5.60 Å². The highest BCUT2D eigenvalue weighted by molar-refractivity contribution is 5.46. The summed E-state index contributed by atoms with van der Waals surface area (Å²) in [6.45, 7) is 6.31. The lowest BCUT2D eigenvalue weighted by Crippen LogP contribution is -2.36. The third-order valence-corrected chi connectivity index (χ3v) is 2.75. The lowest BCUT2D eigenvalue weighted by atomic mass is 10.1. The minimum Gasteiger partial charge on any atom is -0.389 e. The first-order chi connectivity index (χ1) is 7.79. The van der Waals surface area contributed by atoms with E-state index >= 15 is 0 Å². The summed E-state index contributed by atoms with van der Waals surface area (Å²) in [6, 6.07) is 8.71. The van der Waals surface area contributed by atoms with Gasteiger partial charge in [0.2, 0.25) is 0 Å². The van der Waals surface area contributed by atoms with Crippen LogP contribution in [0.15, 0.2) is 24.3 Å². The molecule has 0 spiro atoms. The van der Waals surface area contributed by atoms with Crippen LogP contribution in [-0.2, 0) is 0 Å². The third kappa shape index (κ3) is 4.75. The largest absolute Gasteiger partial charge is 0.389 e. The van der Waals surface area contributed by atoms with E-state index in [-0.39, 0.29) is 6.04 Å². The molecule has 17 heavy (non-hydrogen) atoms. The molecule has 0 aromatic heterocycles. The van der Waals surface area contributed by atoms with Crippen LogP contribution in [0.2, 0.25) is 0 Å². The Balaban J connectivity index is 2.60. The lowest BCUT2D eigenvalue weighted by molar-refractivity contribution is 0.0770. The van der Waals surface area contributed by atoms with E-state index in [0.717, 1.165) is 0 Å². The van der Waals surface area contributed by atoms with E-state index in [1.54, 1.807) is 0 Å². The van der Waals surface area contributed by atoms with Crippen molar-refractivity contribution in [1.82, 2.24) is 5.32 Å². The van der Waals surface area contributed by atoms with E-state index in [4.69, 9.17) is 0 Å². The van der Waals surface area contributed by atoms with Crippen LogP contribution < -0.4 is 10.2 Å². The third-order valence-electron chi connectivity index (χ3n) is 2.75. The molecule has 0 fully saturated rings. The normalized spacial score (nSPS) is 13.5. The predicted molar refractivity (Wildman–Crippen MR) is 73.5 cm³/mol. The van der Waals surface area contributed by atoms with Crippen molar-refractivity contribution in [3.63, 3.8) is 0 Å². The molecule has 0 saturated carbocycles. The highest BCUT2D eigenvalue weighted by Gasteiger charge is 2.14. The Bertz CT molecular complexity index is 338. The Morgan fingerprint density at radius 2 is 1.76 bits per heavy atom. The number of rotatable bonds is 5. The summed E-state index contributed by atoms with van der Waals surface area (Å²) in [5, 5.41) is 13.0. The molecule has 96 valence electrons. The van der Waals surface area contributed by atoms with Gasteiger partial charge in [-0.2, -0.15) is 0 Å². The summed E-state index contributed by atoms with van der Waals surface area (Å²) in [6.07, 6.45) is 0. The van der Waals surface area contributed by atoms with Crippen molar-refractivity contribution >= 4 is 5.69 Å². The molecule has 0 radical (unpaired) electrons. The summed E-state index contributed by atoms with van der Waals surface area (Å²) in [5.41, 5.74) is 1.76. The van der Waals surface area contributed by atoms with Gasteiger partial charge >= 0.3 is 0 Å². The SMILES string of the molecule is CC(NCC(C)(C)O)c1ccc(N(C)C)cc1. The number of benzene rings is 1. The highest BCUT2D eigenvalue weighted by atomic mass is 16.3. The molecule has 3 heteroatoms. The number of anilines is 1.